The van der Waals surface area contributed by atoms with E-state index in [0.29, 0.717) is 16.0 Å². The lowest BCUT2D eigenvalue weighted by atomic mass is 9.96. The Kier molecular flexibility index (Phi) is 6.16. The minimum Gasteiger partial charge on any atom is -0.480 e. The molecule has 2 radical (unpaired) electrons. The molecule has 1 aromatic rings. The van der Waals surface area contributed by atoms with E-state index in [1.165, 1.54) is 11.8 Å². The van der Waals surface area contributed by atoms with Crippen LogP contribution in [0, 0.1) is 0 Å². The molecule has 1 atom stereocenters. The maximum Gasteiger partial charge on any atom is 0.408 e. The molecular formula is C14H19BN2O4S. The molecule has 6 nitrogen and oxygen atoms in total. The Morgan fingerprint density at radius 2 is 2.09 bits per heavy atom. The molecule has 1 rings (SSSR count). The lowest BCUT2D eigenvalue weighted by Gasteiger charge is -2.22. The fraction of sp³-hybridized carbons (Fsp3) is 0.429. The lowest BCUT2D eigenvalue weighted by molar-refractivity contribution is -0.138. The average molecular weight is 322 g/mol. The highest BCUT2D eigenvalue weighted by Gasteiger charge is 2.24. The molecule has 0 fully saturated rings. The van der Waals surface area contributed by atoms with Gasteiger partial charge in [0.05, 0.1) is 0 Å². The van der Waals surface area contributed by atoms with E-state index in [1.807, 2.05) is 0 Å². The van der Waals surface area contributed by atoms with Crippen molar-refractivity contribution < 1.29 is 19.4 Å². The maximum absolute atomic E-state index is 11.6. The number of nitrogen functional groups attached to an aromatic ring is 1. The number of anilines is 1. The van der Waals surface area contributed by atoms with Crippen molar-refractivity contribution in [1.29, 1.82) is 0 Å². The van der Waals surface area contributed by atoms with E-state index in [-0.39, 0.29) is 5.75 Å². The van der Waals surface area contributed by atoms with Gasteiger partial charge in [-0.15, -0.1) is 11.8 Å². The second kappa shape index (κ2) is 7.44. The molecule has 0 heterocycles. The summed E-state index contributed by atoms with van der Waals surface area (Å²) in [6.07, 6.45) is -0.772. The van der Waals surface area contributed by atoms with Gasteiger partial charge in [-0.1, -0.05) is 11.5 Å². The third-order valence-corrected chi connectivity index (χ3v) is 3.61. The van der Waals surface area contributed by atoms with Crippen molar-refractivity contribution in [2.75, 3.05) is 11.5 Å². The summed E-state index contributed by atoms with van der Waals surface area (Å²) in [5, 5.41) is 11.5. The molecule has 8 heteroatoms. The van der Waals surface area contributed by atoms with Crippen LogP contribution in [0.3, 0.4) is 0 Å². The van der Waals surface area contributed by atoms with Gasteiger partial charge in [0.1, 0.15) is 19.5 Å². The zero-order valence-electron chi connectivity index (χ0n) is 12.8. The Morgan fingerprint density at radius 3 is 2.59 bits per heavy atom. The molecule has 0 bridgehead atoms. The summed E-state index contributed by atoms with van der Waals surface area (Å²) in [7, 11) is 5.60. The minimum absolute atomic E-state index is 0.114. The quantitative estimate of drug-likeness (QED) is 0.427. The summed E-state index contributed by atoms with van der Waals surface area (Å²) in [5.74, 6) is -1.03. The highest BCUT2D eigenvalue weighted by molar-refractivity contribution is 7.99. The highest BCUT2D eigenvalue weighted by Crippen LogP contribution is 2.24. The van der Waals surface area contributed by atoms with Crippen molar-refractivity contribution in [3.8, 4) is 0 Å². The van der Waals surface area contributed by atoms with Crippen molar-refractivity contribution in [2.24, 2.45) is 0 Å². The first-order valence-corrected chi connectivity index (χ1v) is 7.57. The number of ether oxygens (including phenoxy) is 1. The number of alkyl carbamates (subject to hydrolysis) is 1. The largest absolute Gasteiger partial charge is 0.480 e. The van der Waals surface area contributed by atoms with Crippen molar-refractivity contribution >= 4 is 42.8 Å². The molecule has 0 aromatic heterocycles. The van der Waals surface area contributed by atoms with Gasteiger partial charge in [0.2, 0.25) is 0 Å². The van der Waals surface area contributed by atoms with E-state index in [1.54, 1.807) is 39.0 Å². The van der Waals surface area contributed by atoms with Crippen molar-refractivity contribution in [3.05, 3.63) is 18.2 Å². The van der Waals surface area contributed by atoms with Crippen LogP contribution in [0.4, 0.5) is 10.5 Å². The zero-order chi connectivity index (χ0) is 16.9. The van der Waals surface area contributed by atoms with Gasteiger partial charge in [-0.05, 0) is 32.9 Å². The predicted molar refractivity (Wildman–Crippen MR) is 87.8 cm³/mol. The number of amides is 1. The number of rotatable bonds is 5. The first-order chi connectivity index (χ1) is 10.1. The van der Waals surface area contributed by atoms with Crippen LogP contribution in [0.1, 0.15) is 20.8 Å². The molecule has 0 aliphatic heterocycles. The Labute approximate surface area is 135 Å². The smallest absolute Gasteiger partial charge is 0.408 e. The normalized spacial score (nSPS) is 12.5. The van der Waals surface area contributed by atoms with Crippen LogP contribution < -0.4 is 16.5 Å². The summed E-state index contributed by atoms with van der Waals surface area (Å²) >= 11 is 1.22. The molecule has 1 aromatic carbocycles. The summed E-state index contributed by atoms with van der Waals surface area (Å²) in [5.41, 5.74) is 6.11. The molecule has 1 amide bonds. The molecule has 0 aliphatic rings. The summed E-state index contributed by atoms with van der Waals surface area (Å²) in [6, 6.07) is 3.90. The third-order valence-electron chi connectivity index (χ3n) is 2.43. The van der Waals surface area contributed by atoms with Crippen LogP contribution in [-0.2, 0) is 9.53 Å². The Bertz CT molecular complexity index is 560. The van der Waals surface area contributed by atoms with Gasteiger partial charge in [0, 0.05) is 16.3 Å². The molecule has 22 heavy (non-hydrogen) atoms. The highest BCUT2D eigenvalue weighted by atomic mass is 32.2. The lowest BCUT2D eigenvalue weighted by Crippen LogP contribution is -2.44. The maximum atomic E-state index is 11.6. The van der Waals surface area contributed by atoms with Crippen LogP contribution in [-0.4, -0.2) is 42.4 Å². The van der Waals surface area contributed by atoms with E-state index in [9.17, 15) is 14.7 Å². The van der Waals surface area contributed by atoms with E-state index in [2.05, 4.69) is 5.32 Å². The number of nitrogens with two attached hydrogens (primary N) is 1. The van der Waals surface area contributed by atoms with Gasteiger partial charge >= 0.3 is 12.1 Å². The number of carboxylic acid groups (broad SMARTS) is 1. The van der Waals surface area contributed by atoms with Gasteiger partial charge < -0.3 is 20.9 Å². The number of carboxylic acids is 1. The first kappa shape index (κ1) is 18.2. The second-order valence-electron chi connectivity index (χ2n) is 5.65. The van der Waals surface area contributed by atoms with Gasteiger partial charge in [-0.25, -0.2) is 9.59 Å². The Hall–Kier alpha value is -1.83. The summed E-state index contributed by atoms with van der Waals surface area (Å²) in [4.78, 5) is 23.6. The number of benzene rings is 1. The number of hydrogen-bond donors (Lipinski definition) is 3. The number of thioether (sulfide) groups is 1. The third kappa shape index (κ3) is 6.30. The van der Waals surface area contributed by atoms with Gasteiger partial charge in [-0.2, -0.15) is 0 Å². The standard InChI is InChI=1S/C14H19BN2O4S/c1-14(2,3)21-13(20)17-10(12(18)19)7-22-11-5-4-8(15)6-9(11)16/h4-6,10H,7,16H2,1-3H3,(H,17,20)(H,18,19)/t10-/m0/s1. The number of aliphatic carboxylic acids is 1. The monoisotopic (exact) mass is 322 g/mol. The average Bonchev–Trinajstić information content (AvgIpc) is 2.33. The van der Waals surface area contributed by atoms with Crippen molar-refractivity contribution in [3.63, 3.8) is 0 Å². The molecule has 4 N–H and O–H groups in total. The minimum atomic E-state index is -1.15. The SMILES string of the molecule is [B]c1ccc(SC[C@H](NC(=O)OC(C)(C)C)C(=O)O)c(N)c1. The van der Waals surface area contributed by atoms with Gasteiger partial charge in [-0.3, -0.25) is 0 Å². The van der Waals surface area contributed by atoms with Crippen LogP contribution in [0.25, 0.3) is 0 Å². The van der Waals surface area contributed by atoms with Crippen LogP contribution in [0.2, 0.25) is 0 Å². The van der Waals surface area contributed by atoms with Gasteiger partial charge in [0.25, 0.3) is 0 Å². The van der Waals surface area contributed by atoms with Crippen LogP contribution in [0.5, 0.6) is 0 Å². The molecule has 0 saturated carbocycles. The summed E-state index contributed by atoms with van der Waals surface area (Å²) in [6.45, 7) is 5.10. The van der Waals surface area contributed by atoms with Crippen LogP contribution >= 0.6 is 11.8 Å². The fourth-order valence-electron chi connectivity index (χ4n) is 1.50. The molecule has 0 saturated heterocycles. The second-order valence-corrected chi connectivity index (χ2v) is 6.71. The van der Waals surface area contributed by atoms with E-state index in [4.69, 9.17) is 18.3 Å². The summed E-state index contributed by atoms with van der Waals surface area (Å²) < 4.78 is 5.05. The van der Waals surface area contributed by atoms with E-state index in [0.717, 1.165) is 0 Å². The molecule has 0 spiro atoms. The Morgan fingerprint density at radius 1 is 1.45 bits per heavy atom. The predicted octanol–water partition coefficient (Wildman–Crippen LogP) is 1.13. The molecular weight excluding hydrogens is 303 g/mol. The number of nitrogens with one attached hydrogen (secondary N) is 1. The topological polar surface area (TPSA) is 102 Å². The van der Waals surface area contributed by atoms with Gasteiger partial charge in [0.15, 0.2) is 0 Å². The number of hydrogen-bond acceptors (Lipinski definition) is 5. The zero-order valence-corrected chi connectivity index (χ0v) is 13.6. The number of carbonyl (C=O) groups excluding carboxylic acids is 1. The van der Waals surface area contributed by atoms with E-state index < -0.39 is 23.7 Å². The Balaban J connectivity index is 2.65. The molecule has 0 unspecified atom stereocenters. The van der Waals surface area contributed by atoms with Crippen molar-refractivity contribution in [1.82, 2.24) is 5.32 Å². The van der Waals surface area contributed by atoms with E-state index >= 15 is 0 Å². The van der Waals surface area contributed by atoms with Crippen LogP contribution in [0.15, 0.2) is 23.1 Å². The molecule has 118 valence electrons. The first-order valence-electron chi connectivity index (χ1n) is 6.58. The number of carbonyl (C=O) groups is 2. The molecule has 0 aliphatic carbocycles. The van der Waals surface area contributed by atoms with Crippen molar-refractivity contribution in [2.45, 2.75) is 37.3 Å². The fourth-order valence-corrected chi connectivity index (χ4v) is 2.46.